The Balaban J connectivity index is 3.69. The zero-order valence-electron chi connectivity index (χ0n) is 9.05. The summed E-state index contributed by atoms with van der Waals surface area (Å²) in [7, 11) is 0. The van der Waals surface area contributed by atoms with E-state index in [9.17, 15) is 4.79 Å². The highest BCUT2D eigenvalue weighted by molar-refractivity contribution is 5.80. The summed E-state index contributed by atoms with van der Waals surface area (Å²) in [4.78, 5) is 11.3. The van der Waals surface area contributed by atoms with Gasteiger partial charge in [-0.2, -0.15) is 0 Å². The number of hydrogen-bond donors (Lipinski definition) is 0. The Bertz CT molecular complexity index is 136. The molecule has 0 aromatic heterocycles. The summed E-state index contributed by atoms with van der Waals surface area (Å²) in [6, 6.07) is 0. The normalized spacial score (nSPS) is 13.9. The van der Waals surface area contributed by atoms with Crippen molar-refractivity contribution in [1.29, 1.82) is 0 Å². The van der Waals surface area contributed by atoms with Crippen LogP contribution >= 0.6 is 0 Å². The Kier molecular flexibility index (Phi) is 5.19. The van der Waals surface area contributed by atoms with Crippen molar-refractivity contribution in [3.8, 4) is 0 Å². The standard InChI is InChI=1S/C11H22O/c1-8(2)6-10(5)7-11(12)9(3)4/h8-10H,6-7H2,1-5H3. The summed E-state index contributed by atoms with van der Waals surface area (Å²) in [5, 5.41) is 0. The molecule has 0 aliphatic rings. The van der Waals surface area contributed by atoms with Crippen molar-refractivity contribution in [2.24, 2.45) is 17.8 Å². The van der Waals surface area contributed by atoms with E-state index >= 15 is 0 Å². The van der Waals surface area contributed by atoms with Crippen LogP contribution in [0.25, 0.3) is 0 Å². The number of carbonyl (C=O) groups is 1. The van der Waals surface area contributed by atoms with E-state index in [0.29, 0.717) is 17.6 Å². The van der Waals surface area contributed by atoms with Crippen molar-refractivity contribution in [1.82, 2.24) is 0 Å². The van der Waals surface area contributed by atoms with E-state index < -0.39 is 0 Å². The minimum Gasteiger partial charge on any atom is -0.299 e. The van der Waals surface area contributed by atoms with Crippen molar-refractivity contribution < 1.29 is 4.79 Å². The van der Waals surface area contributed by atoms with Gasteiger partial charge in [-0.3, -0.25) is 4.79 Å². The molecule has 1 heteroatoms. The van der Waals surface area contributed by atoms with Gasteiger partial charge in [0.25, 0.3) is 0 Å². The smallest absolute Gasteiger partial charge is 0.135 e. The van der Waals surface area contributed by atoms with Crippen LogP contribution in [-0.4, -0.2) is 5.78 Å². The fourth-order valence-electron chi connectivity index (χ4n) is 1.47. The van der Waals surface area contributed by atoms with Crippen LogP contribution in [0.5, 0.6) is 0 Å². The third kappa shape index (κ3) is 5.34. The van der Waals surface area contributed by atoms with Crippen molar-refractivity contribution in [3.63, 3.8) is 0 Å². The van der Waals surface area contributed by atoms with Gasteiger partial charge in [-0.05, 0) is 18.3 Å². The van der Waals surface area contributed by atoms with Gasteiger partial charge in [-0.15, -0.1) is 0 Å². The summed E-state index contributed by atoms with van der Waals surface area (Å²) < 4.78 is 0. The number of carbonyl (C=O) groups excluding carboxylic acids is 1. The highest BCUT2D eigenvalue weighted by Crippen LogP contribution is 2.16. The third-order valence-corrected chi connectivity index (χ3v) is 2.07. The first-order chi connectivity index (χ1) is 5.43. The molecule has 12 heavy (non-hydrogen) atoms. The quantitative estimate of drug-likeness (QED) is 0.619. The number of hydrogen-bond acceptors (Lipinski definition) is 1. The Morgan fingerprint density at radius 2 is 1.58 bits per heavy atom. The van der Waals surface area contributed by atoms with Crippen molar-refractivity contribution in [3.05, 3.63) is 0 Å². The molecular weight excluding hydrogens is 148 g/mol. The SMILES string of the molecule is CC(C)CC(C)CC(=O)C(C)C. The second kappa shape index (κ2) is 5.34. The summed E-state index contributed by atoms with van der Waals surface area (Å²) in [6.07, 6.45) is 1.92. The summed E-state index contributed by atoms with van der Waals surface area (Å²) in [5.74, 6) is 1.88. The molecule has 0 aromatic rings. The van der Waals surface area contributed by atoms with Gasteiger partial charge >= 0.3 is 0 Å². The average Bonchev–Trinajstić information content (AvgIpc) is 1.84. The molecule has 1 unspecified atom stereocenters. The molecular formula is C11H22O. The van der Waals surface area contributed by atoms with E-state index in [0.717, 1.165) is 6.42 Å². The van der Waals surface area contributed by atoms with Gasteiger partial charge < -0.3 is 0 Å². The lowest BCUT2D eigenvalue weighted by Crippen LogP contribution is -2.12. The molecule has 0 spiro atoms. The van der Waals surface area contributed by atoms with Crippen LogP contribution < -0.4 is 0 Å². The molecule has 0 amide bonds. The molecule has 0 aliphatic heterocycles. The second-order valence-corrected chi connectivity index (χ2v) is 4.56. The van der Waals surface area contributed by atoms with Crippen LogP contribution in [-0.2, 0) is 4.79 Å². The lowest BCUT2D eigenvalue weighted by molar-refractivity contribution is -0.122. The first kappa shape index (κ1) is 11.7. The first-order valence-electron chi connectivity index (χ1n) is 4.96. The number of Topliss-reactive ketones (excluding diaryl/α,β-unsaturated/α-hetero) is 1. The maximum absolute atomic E-state index is 11.3. The van der Waals surface area contributed by atoms with E-state index in [1.165, 1.54) is 6.42 Å². The molecule has 0 fully saturated rings. The summed E-state index contributed by atoms with van der Waals surface area (Å²) in [6.45, 7) is 10.5. The molecule has 0 saturated heterocycles. The summed E-state index contributed by atoms with van der Waals surface area (Å²) >= 11 is 0. The predicted octanol–water partition coefficient (Wildman–Crippen LogP) is 3.28. The Morgan fingerprint density at radius 1 is 1.08 bits per heavy atom. The largest absolute Gasteiger partial charge is 0.299 e. The molecule has 0 bridgehead atoms. The fraction of sp³-hybridized carbons (Fsp3) is 0.909. The average molecular weight is 170 g/mol. The van der Waals surface area contributed by atoms with E-state index in [4.69, 9.17) is 0 Å². The van der Waals surface area contributed by atoms with Crippen molar-refractivity contribution >= 4 is 5.78 Å². The Hall–Kier alpha value is -0.330. The lowest BCUT2D eigenvalue weighted by Gasteiger charge is -2.13. The topological polar surface area (TPSA) is 17.1 Å². The van der Waals surface area contributed by atoms with Crippen LogP contribution in [0.15, 0.2) is 0 Å². The molecule has 0 aromatic carbocycles. The van der Waals surface area contributed by atoms with Crippen LogP contribution in [0, 0.1) is 17.8 Å². The van der Waals surface area contributed by atoms with E-state index in [-0.39, 0.29) is 5.92 Å². The van der Waals surface area contributed by atoms with Gasteiger partial charge in [0.15, 0.2) is 0 Å². The zero-order chi connectivity index (χ0) is 9.72. The maximum Gasteiger partial charge on any atom is 0.135 e. The highest BCUT2D eigenvalue weighted by Gasteiger charge is 2.12. The maximum atomic E-state index is 11.3. The van der Waals surface area contributed by atoms with Crippen LogP contribution in [0.3, 0.4) is 0 Å². The number of ketones is 1. The van der Waals surface area contributed by atoms with Crippen LogP contribution in [0.2, 0.25) is 0 Å². The fourth-order valence-corrected chi connectivity index (χ4v) is 1.47. The van der Waals surface area contributed by atoms with E-state index in [1.807, 2.05) is 13.8 Å². The van der Waals surface area contributed by atoms with Gasteiger partial charge in [0.2, 0.25) is 0 Å². The van der Waals surface area contributed by atoms with Crippen LogP contribution in [0.4, 0.5) is 0 Å². The van der Waals surface area contributed by atoms with Gasteiger partial charge in [0.05, 0.1) is 0 Å². The molecule has 0 radical (unpaired) electrons. The van der Waals surface area contributed by atoms with Crippen LogP contribution in [0.1, 0.15) is 47.5 Å². The highest BCUT2D eigenvalue weighted by atomic mass is 16.1. The van der Waals surface area contributed by atoms with Gasteiger partial charge in [-0.25, -0.2) is 0 Å². The molecule has 1 nitrogen and oxygen atoms in total. The predicted molar refractivity (Wildman–Crippen MR) is 53.1 cm³/mol. The first-order valence-corrected chi connectivity index (χ1v) is 4.96. The Morgan fingerprint density at radius 3 is 1.92 bits per heavy atom. The lowest BCUT2D eigenvalue weighted by atomic mass is 9.91. The second-order valence-electron chi connectivity index (χ2n) is 4.56. The number of rotatable bonds is 5. The van der Waals surface area contributed by atoms with Crippen molar-refractivity contribution in [2.75, 3.05) is 0 Å². The van der Waals surface area contributed by atoms with Gasteiger partial charge in [-0.1, -0.05) is 34.6 Å². The molecule has 72 valence electrons. The molecule has 0 aliphatic carbocycles. The molecule has 0 rings (SSSR count). The molecule has 0 N–H and O–H groups in total. The van der Waals surface area contributed by atoms with Crippen molar-refractivity contribution in [2.45, 2.75) is 47.5 Å². The minimum absolute atomic E-state index is 0.208. The summed E-state index contributed by atoms with van der Waals surface area (Å²) in [5.41, 5.74) is 0. The molecule has 1 atom stereocenters. The van der Waals surface area contributed by atoms with Gasteiger partial charge in [0, 0.05) is 12.3 Å². The molecule has 0 heterocycles. The Labute approximate surface area is 76.6 Å². The molecule has 0 saturated carbocycles. The monoisotopic (exact) mass is 170 g/mol. The third-order valence-electron chi connectivity index (χ3n) is 2.07. The minimum atomic E-state index is 0.208. The van der Waals surface area contributed by atoms with Gasteiger partial charge in [0.1, 0.15) is 5.78 Å². The van der Waals surface area contributed by atoms with E-state index in [2.05, 4.69) is 20.8 Å². The zero-order valence-corrected chi connectivity index (χ0v) is 9.05. The van der Waals surface area contributed by atoms with E-state index in [1.54, 1.807) is 0 Å².